The van der Waals surface area contributed by atoms with E-state index in [1.54, 1.807) is 6.07 Å². The van der Waals surface area contributed by atoms with Gasteiger partial charge in [0, 0.05) is 37.3 Å². The summed E-state index contributed by atoms with van der Waals surface area (Å²) < 4.78 is 26.3. The Balaban J connectivity index is 2.02. The summed E-state index contributed by atoms with van der Waals surface area (Å²) in [6.07, 6.45) is 0.0342. The van der Waals surface area contributed by atoms with Gasteiger partial charge in [0.25, 0.3) is 0 Å². The molecule has 0 aliphatic rings. The third-order valence-electron chi connectivity index (χ3n) is 3.46. The molecule has 24 heavy (non-hydrogen) atoms. The average Bonchev–Trinajstić information content (AvgIpc) is 2.50. The molecular weight excluding hydrogens is 314 g/mol. The maximum atomic E-state index is 13.3. The fourth-order valence-corrected chi connectivity index (χ4v) is 2.28. The van der Waals surface area contributed by atoms with E-state index in [0.717, 1.165) is 17.7 Å². The smallest absolute Gasteiger partial charge is 0.226 e. The Morgan fingerprint density at radius 3 is 2.46 bits per heavy atom. The number of nitrogens with zero attached hydrogens (tertiary/aromatic N) is 1. The molecule has 0 saturated heterocycles. The zero-order valence-electron chi connectivity index (χ0n) is 13.5. The number of nitrogens with one attached hydrogen (secondary N) is 1. The van der Waals surface area contributed by atoms with Gasteiger partial charge < -0.3 is 10.2 Å². The largest absolute Gasteiger partial charge is 0.326 e. The standard InChI is InChI=1S/C18H18F2N2O2/c1-12-4-3-5-14(10-12)21-18(24)8-9-22(13(2)23)15-6-7-16(19)17(20)11-15/h3-7,10-11H,8-9H2,1-2H3,(H,21,24). The quantitative estimate of drug-likeness (QED) is 0.908. The number of halogens is 2. The highest BCUT2D eigenvalue weighted by Crippen LogP contribution is 2.19. The van der Waals surface area contributed by atoms with Gasteiger partial charge in [0.15, 0.2) is 11.6 Å². The molecule has 0 saturated carbocycles. The van der Waals surface area contributed by atoms with E-state index >= 15 is 0 Å². The van der Waals surface area contributed by atoms with Crippen LogP contribution in [0.5, 0.6) is 0 Å². The third kappa shape index (κ3) is 4.62. The van der Waals surface area contributed by atoms with E-state index in [9.17, 15) is 18.4 Å². The highest BCUT2D eigenvalue weighted by molar-refractivity contribution is 5.94. The fraction of sp³-hybridized carbons (Fsp3) is 0.222. The van der Waals surface area contributed by atoms with Gasteiger partial charge in [0.05, 0.1) is 0 Å². The molecule has 0 aromatic heterocycles. The summed E-state index contributed by atoms with van der Waals surface area (Å²) >= 11 is 0. The van der Waals surface area contributed by atoms with Crippen LogP contribution in [-0.4, -0.2) is 18.4 Å². The molecule has 0 spiro atoms. The molecule has 0 unspecified atom stereocenters. The SMILES string of the molecule is CC(=O)N(CCC(=O)Nc1cccc(C)c1)c1ccc(F)c(F)c1. The monoisotopic (exact) mass is 332 g/mol. The van der Waals surface area contributed by atoms with Gasteiger partial charge in [-0.1, -0.05) is 12.1 Å². The highest BCUT2D eigenvalue weighted by atomic mass is 19.2. The van der Waals surface area contributed by atoms with Crippen molar-refractivity contribution in [3.05, 3.63) is 59.7 Å². The molecule has 0 aliphatic heterocycles. The summed E-state index contributed by atoms with van der Waals surface area (Å²) in [5, 5.41) is 2.74. The first-order valence-corrected chi connectivity index (χ1v) is 7.46. The number of benzene rings is 2. The van der Waals surface area contributed by atoms with Gasteiger partial charge in [-0.05, 0) is 36.8 Å². The number of anilines is 2. The van der Waals surface area contributed by atoms with Crippen LogP contribution in [0.4, 0.5) is 20.2 Å². The second-order valence-electron chi connectivity index (χ2n) is 5.44. The Morgan fingerprint density at radius 2 is 1.83 bits per heavy atom. The molecular formula is C18H18F2N2O2. The lowest BCUT2D eigenvalue weighted by molar-refractivity contribution is -0.117. The zero-order valence-corrected chi connectivity index (χ0v) is 13.5. The lowest BCUT2D eigenvalue weighted by Crippen LogP contribution is -2.32. The molecule has 2 aromatic carbocycles. The Morgan fingerprint density at radius 1 is 1.08 bits per heavy atom. The van der Waals surface area contributed by atoms with Crippen molar-refractivity contribution in [1.82, 2.24) is 0 Å². The second-order valence-corrected chi connectivity index (χ2v) is 5.44. The van der Waals surface area contributed by atoms with Crippen LogP contribution in [0.15, 0.2) is 42.5 Å². The summed E-state index contributed by atoms with van der Waals surface area (Å²) in [5.74, 6) is -2.65. The van der Waals surface area contributed by atoms with Crippen LogP contribution in [0, 0.1) is 18.6 Å². The molecule has 6 heteroatoms. The number of rotatable bonds is 5. The molecule has 2 rings (SSSR count). The Bertz CT molecular complexity index is 762. The Hall–Kier alpha value is -2.76. The fourth-order valence-electron chi connectivity index (χ4n) is 2.28. The minimum Gasteiger partial charge on any atom is -0.326 e. The Kier molecular flexibility index (Phi) is 5.63. The van der Waals surface area contributed by atoms with Crippen molar-refractivity contribution >= 4 is 23.2 Å². The number of hydrogen-bond donors (Lipinski definition) is 1. The molecule has 4 nitrogen and oxygen atoms in total. The van der Waals surface area contributed by atoms with Gasteiger partial charge in [-0.3, -0.25) is 9.59 Å². The van der Waals surface area contributed by atoms with Gasteiger partial charge in [-0.15, -0.1) is 0 Å². The van der Waals surface area contributed by atoms with Crippen molar-refractivity contribution in [3.8, 4) is 0 Å². The van der Waals surface area contributed by atoms with Crippen molar-refractivity contribution in [2.75, 3.05) is 16.8 Å². The van der Waals surface area contributed by atoms with Crippen molar-refractivity contribution < 1.29 is 18.4 Å². The minimum absolute atomic E-state index is 0.0342. The van der Waals surface area contributed by atoms with Crippen LogP contribution in [0.3, 0.4) is 0 Å². The summed E-state index contributed by atoms with van der Waals surface area (Å²) in [5.41, 5.74) is 1.90. The van der Waals surface area contributed by atoms with Crippen LogP contribution in [-0.2, 0) is 9.59 Å². The molecule has 0 fully saturated rings. The summed E-state index contributed by atoms with van der Waals surface area (Å²) in [7, 11) is 0. The van der Waals surface area contributed by atoms with Crippen LogP contribution < -0.4 is 10.2 Å². The number of aryl methyl sites for hydroxylation is 1. The maximum absolute atomic E-state index is 13.3. The normalized spacial score (nSPS) is 10.3. The molecule has 0 heterocycles. The lowest BCUT2D eigenvalue weighted by atomic mass is 10.2. The number of amides is 2. The molecule has 0 aliphatic carbocycles. The predicted octanol–water partition coefficient (Wildman–Crippen LogP) is 3.65. The number of hydrogen-bond acceptors (Lipinski definition) is 2. The van der Waals surface area contributed by atoms with E-state index in [2.05, 4.69) is 5.32 Å². The van der Waals surface area contributed by atoms with E-state index in [1.165, 1.54) is 17.9 Å². The molecule has 2 aromatic rings. The second kappa shape index (κ2) is 7.68. The Labute approximate surface area is 139 Å². The molecule has 126 valence electrons. The van der Waals surface area contributed by atoms with Gasteiger partial charge in [-0.2, -0.15) is 0 Å². The van der Waals surface area contributed by atoms with Gasteiger partial charge >= 0.3 is 0 Å². The molecule has 0 radical (unpaired) electrons. The summed E-state index contributed by atoms with van der Waals surface area (Å²) in [4.78, 5) is 25.0. The molecule has 1 N–H and O–H groups in total. The number of carbonyl (C=O) groups is 2. The average molecular weight is 332 g/mol. The lowest BCUT2D eigenvalue weighted by Gasteiger charge is -2.21. The third-order valence-corrected chi connectivity index (χ3v) is 3.46. The first-order chi connectivity index (χ1) is 11.4. The van der Waals surface area contributed by atoms with Crippen LogP contribution >= 0.6 is 0 Å². The van der Waals surface area contributed by atoms with Gasteiger partial charge in [0.2, 0.25) is 11.8 Å². The van der Waals surface area contributed by atoms with E-state index < -0.39 is 11.6 Å². The van der Waals surface area contributed by atoms with Gasteiger partial charge in [0.1, 0.15) is 0 Å². The first kappa shape index (κ1) is 17.6. The summed E-state index contributed by atoms with van der Waals surface area (Å²) in [6, 6.07) is 10.5. The van der Waals surface area contributed by atoms with Crippen molar-refractivity contribution in [2.45, 2.75) is 20.3 Å². The zero-order chi connectivity index (χ0) is 17.7. The molecule has 0 bridgehead atoms. The van der Waals surface area contributed by atoms with E-state index in [-0.39, 0.29) is 30.5 Å². The van der Waals surface area contributed by atoms with Gasteiger partial charge in [-0.25, -0.2) is 8.78 Å². The van der Waals surface area contributed by atoms with Crippen molar-refractivity contribution in [1.29, 1.82) is 0 Å². The van der Waals surface area contributed by atoms with Crippen LogP contribution in [0.25, 0.3) is 0 Å². The molecule has 2 amide bonds. The highest BCUT2D eigenvalue weighted by Gasteiger charge is 2.15. The number of carbonyl (C=O) groups excluding carboxylic acids is 2. The van der Waals surface area contributed by atoms with E-state index in [0.29, 0.717) is 5.69 Å². The van der Waals surface area contributed by atoms with E-state index in [4.69, 9.17) is 0 Å². The molecule has 0 atom stereocenters. The minimum atomic E-state index is -1.04. The van der Waals surface area contributed by atoms with Crippen molar-refractivity contribution in [3.63, 3.8) is 0 Å². The first-order valence-electron chi connectivity index (χ1n) is 7.46. The maximum Gasteiger partial charge on any atom is 0.226 e. The van der Waals surface area contributed by atoms with E-state index in [1.807, 2.05) is 25.1 Å². The van der Waals surface area contributed by atoms with Crippen molar-refractivity contribution in [2.24, 2.45) is 0 Å². The van der Waals surface area contributed by atoms with Crippen LogP contribution in [0.1, 0.15) is 18.9 Å². The topological polar surface area (TPSA) is 49.4 Å². The predicted molar refractivity (Wildman–Crippen MR) is 88.8 cm³/mol. The van der Waals surface area contributed by atoms with Crippen LogP contribution in [0.2, 0.25) is 0 Å². The summed E-state index contributed by atoms with van der Waals surface area (Å²) in [6.45, 7) is 3.29.